The molecule has 5 nitrogen and oxygen atoms in total. The van der Waals surface area contributed by atoms with Gasteiger partial charge in [-0.3, -0.25) is 4.79 Å². The van der Waals surface area contributed by atoms with E-state index in [2.05, 4.69) is 4.98 Å². The molecule has 6 heteroatoms. The Balaban J connectivity index is 1.82. The zero-order valence-corrected chi connectivity index (χ0v) is 14.5. The number of aromatic nitrogens is 2. The van der Waals surface area contributed by atoms with Gasteiger partial charge in [-0.1, -0.05) is 17.7 Å². The Bertz CT molecular complexity index is 1110. The van der Waals surface area contributed by atoms with Crippen molar-refractivity contribution in [1.29, 1.82) is 0 Å². The van der Waals surface area contributed by atoms with Gasteiger partial charge in [0.05, 0.1) is 19.1 Å². The third-order valence-electron chi connectivity index (χ3n) is 4.21. The lowest BCUT2D eigenvalue weighted by molar-refractivity contribution is -0.139. The van der Waals surface area contributed by atoms with Gasteiger partial charge in [-0.15, -0.1) is 0 Å². The first-order valence-corrected chi connectivity index (χ1v) is 8.14. The van der Waals surface area contributed by atoms with Crippen LogP contribution in [0, 0.1) is 0 Å². The highest BCUT2D eigenvalue weighted by Gasteiger charge is 2.15. The van der Waals surface area contributed by atoms with Crippen molar-refractivity contribution in [1.82, 2.24) is 9.55 Å². The first-order chi connectivity index (χ1) is 12.0. The zero-order valence-electron chi connectivity index (χ0n) is 13.7. The van der Waals surface area contributed by atoms with Gasteiger partial charge >= 0.3 is 5.97 Å². The molecule has 0 unspecified atom stereocenters. The lowest BCUT2D eigenvalue weighted by Crippen LogP contribution is -2.03. The monoisotopic (exact) mass is 354 g/mol. The topological polar surface area (TPSA) is 57.3 Å². The van der Waals surface area contributed by atoms with E-state index in [0.29, 0.717) is 16.5 Å². The molecule has 25 heavy (non-hydrogen) atoms. The molecule has 4 rings (SSSR count). The molecule has 0 saturated heterocycles. The molecule has 0 bridgehead atoms. The van der Waals surface area contributed by atoms with Gasteiger partial charge in [-0.2, -0.15) is 0 Å². The molecule has 0 aliphatic carbocycles. The third-order valence-corrected chi connectivity index (χ3v) is 4.45. The molecule has 0 aliphatic rings. The summed E-state index contributed by atoms with van der Waals surface area (Å²) >= 11 is 6.14. The number of nitrogens with zero attached hydrogens (tertiary/aromatic N) is 2. The van der Waals surface area contributed by atoms with Crippen molar-refractivity contribution < 1.29 is 13.9 Å². The van der Waals surface area contributed by atoms with Gasteiger partial charge in [0.15, 0.2) is 5.58 Å². The molecule has 4 aromatic rings. The van der Waals surface area contributed by atoms with Crippen LogP contribution in [0.15, 0.2) is 47.0 Å². The van der Waals surface area contributed by atoms with Crippen molar-refractivity contribution >= 4 is 39.6 Å². The van der Waals surface area contributed by atoms with E-state index in [1.165, 1.54) is 7.11 Å². The second kappa shape index (κ2) is 5.93. The van der Waals surface area contributed by atoms with Crippen molar-refractivity contribution in [2.75, 3.05) is 7.11 Å². The SMILES string of the molecule is COC(=O)Cc1ccc2nc(-c3cn(C)c4ccc(Cl)cc34)oc2c1. The summed E-state index contributed by atoms with van der Waals surface area (Å²) in [6, 6.07) is 11.3. The Morgan fingerprint density at radius 2 is 2.12 bits per heavy atom. The van der Waals surface area contributed by atoms with Crippen molar-refractivity contribution in [2.24, 2.45) is 7.05 Å². The van der Waals surface area contributed by atoms with Crippen LogP contribution in [0.25, 0.3) is 33.5 Å². The van der Waals surface area contributed by atoms with Crippen LogP contribution in [-0.4, -0.2) is 22.6 Å². The second-order valence-electron chi connectivity index (χ2n) is 5.89. The van der Waals surface area contributed by atoms with Gasteiger partial charge in [0, 0.05) is 29.2 Å². The Hall–Kier alpha value is -2.79. The molecule has 0 radical (unpaired) electrons. The summed E-state index contributed by atoms with van der Waals surface area (Å²) in [6.45, 7) is 0. The largest absolute Gasteiger partial charge is 0.469 e. The van der Waals surface area contributed by atoms with Crippen LogP contribution >= 0.6 is 11.6 Å². The molecule has 126 valence electrons. The van der Waals surface area contributed by atoms with Gasteiger partial charge in [0.25, 0.3) is 0 Å². The van der Waals surface area contributed by atoms with E-state index in [-0.39, 0.29) is 12.4 Å². The molecular formula is C19H15ClN2O3. The number of methoxy groups -OCH3 is 1. The Morgan fingerprint density at radius 1 is 1.28 bits per heavy atom. The minimum absolute atomic E-state index is 0.201. The fourth-order valence-corrected chi connectivity index (χ4v) is 3.14. The molecular weight excluding hydrogens is 340 g/mol. The van der Waals surface area contributed by atoms with E-state index in [1.807, 2.05) is 54.2 Å². The minimum Gasteiger partial charge on any atom is -0.469 e. The number of esters is 1. The Morgan fingerprint density at radius 3 is 2.92 bits per heavy atom. The van der Waals surface area contributed by atoms with E-state index < -0.39 is 0 Å². The molecule has 0 atom stereocenters. The molecule has 0 N–H and O–H groups in total. The number of hydrogen-bond acceptors (Lipinski definition) is 4. The zero-order chi connectivity index (χ0) is 17.6. The predicted molar refractivity (Wildman–Crippen MR) is 96.7 cm³/mol. The van der Waals surface area contributed by atoms with E-state index in [9.17, 15) is 4.79 Å². The smallest absolute Gasteiger partial charge is 0.309 e. The van der Waals surface area contributed by atoms with Crippen LogP contribution in [-0.2, 0) is 23.0 Å². The Labute approximate surface area is 148 Å². The van der Waals surface area contributed by atoms with Crippen LogP contribution in [0.4, 0.5) is 0 Å². The maximum absolute atomic E-state index is 11.4. The number of ether oxygens (including phenoxy) is 1. The standard InChI is InChI=1S/C19H15ClN2O3/c1-22-10-14(13-9-12(20)4-6-16(13)22)19-21-15-5-3-11(7-17(15)25-19)8-18(23)24-2/h3-7,9-10H,8H2,1-2H3. The molecule has 0 spiro atoms. The van der Waals surface area contributed by atoms with Crippen LogP contribution in [0.2, 0.25) is 5.02 Å². The first-order valence-electron chi connectivity index (χ1n) is 7.76. The van der Waals surface area contributed by atoms with Gasteiger partial charge in [0.1, 0.15) is 5.52 Å². The molecule has 0 saturated carbocycles. The summed E-state index contributed by atoms with van der Waals surface area (Å²) < 4.78 is 12.7. The summed E-state index contributed by atoms with van der Waals surface area (Å²) in [4.78, 5) is 16.0. The van der Waals surface area contributed by atoms with Gasteiger partial charge in [0.2, 0.25) is 5.89 Å². The number of oxazole rings is 1. The summed E-state index contributed by atoms with van der Waals surface area (Å²) in [5.74, 6) is 0.237. The molecule has 2 heterocycles. The maximum atomic E-state index is 11.4. The average Bonchev–Trinajstić information content (AvgIpc) is 3.15. The van der Waals surface area contributed by atoms with E-state index in [1.54, 1.807) is 0 Å². The molecule has 0 amide bonds. The van der Waals surface area contributed by atoms with E-state index in [0.717, 1.165) is 27.5 Å². The van der Waals surface area contributed by atoms with E-state index in [4.69, 9.17) is 20.8 Å². The van der Waals surface area contributed by atoms with Gasteiger partial charge in [-0.25, -0.2) is 4.98 Å². The number of carbonyl (C=O) groups is 1. The van der Waals surface area contributed by atoms with E-state index >= 15 is 0 Å². The number of aryl methyl sites for hydroxylation is 1. The normalized spacial score (nSPS) is 11.3. The highest BCUT2D eigenvalue weighted by atomic mass is 35.5. The maximum Gasteiger partial charge on any atom is 0.309 e. The van der Waals surface area contributed by atoms with Gasteiger partial charge < -0.3 is 13.7 Å². The summed E-state index contributed by atoms with van der Waals surface area (Å²) in [7, 11) is 3.34. The quantitative estimate of drug-likeness (QED) is 0.513. The molecule has 2 aromatic carbocycles. The van der Waals surface area contributed by atoms with Crippen LogP contribution in [0.1, 0.15) is 5.56 Å². The third kappa shape index (κ3) is 2.76. The predicted octanol–water partition coefficient (Wildman–Crippen LogP) is 4.36. The van der Waals surface area contributed by atoms with Crippen LogP contribution < -0.4 is 0 Å². The lowest BCUT2D eigenvalue weighted by Gasteiger charge is -1.98. The Kier molecular flexibility index (Phi) is 3.73. The highest BCUT2D eigenvalue weighted by Crippen LogP contribution is 2.33. The molecule has 2 aromatic heterocycles. The van der Waals surface area contributed by atoms with Crippen LogP contribution in [0.5, 0.6) is 0 Å². The summed E-state index contributed by atoms with van der Waals surface area (Å²) in [5.41, 5.74) is 4.12. The lowest BCUT2D eigenvalue weighted by atomic mass is 10.1. The minimum atomic E-state index is -0.289. The van der Waals surface area contributed by atoms with Crippen molar-refractivity contribution in [3.05, 3.63) is 53.2 Å². The number of carbonyl (C=O) groups excluding carboxylic acids is 1. The average molecular weight is 355 g/mol. The van der Waals surface area contributed by atoms with Gasteiger partial charge in [-0.05, 0) is 35.9 Å². The number of fused-ring (bicyclic) bond motifs is 2. The second-order valence-corrected chi connectivity index (χ2v) is 6.33. The number of halogens is 1. The highest BCUT2D eigenvalue weighted by molar-refractivity contribution is 6.31. The van der Waals surface area contributed by atoms with Crippen molar-refractivity contribution in [2.45, 2.75) is 6.42 Å². The van der Waals surface area contributed by atoms with Crippen molar-refractivity contribution in [3.8, 4) is 11.5 Å². The first kappa shape index (κ1) is 15.7. The van der Waals surface area contributed by atoms with Crippen LogP contribution in [0.3, 0.4) is 0 Å². The fraction of sp³-hybridized carbons (Fsp3) is 0.158. The molecule has 0 aliphatic heterocycles. The number of rotatable bonds is 3. The summed E-state index contributed by atoms with van der Waals surface area (Å²) in [5, 5.41) is 1.65. The van der Waals surface area contributed by atoms with Crippen molar-refractivity contribution in [3.63, 3.8) is 0 Å². The fourth-order valence-electron chi connectivity index (χ4n) is 2.97. The number of benzene rings is 2. The molecule has 0 fully saturated rings. The summed E-state index contributed by atoms with van der Waals surface area (Å²) in [6.07, 6.45) is 2.17. The number of hydrogen-bond donors (Lipinski definition) is 0.